The fraction of sp³-hybridized carbons (Fsp3) is 0.391. The molecule has 168 valence electrons. The molecule has 3 aromatic heterocycles. The molecule has 4 aromatic rings. The Morgan fingerprint density at radius 1 is 1.34 bits per heavy atom. The first-order valence-electron chi connectivity index (χ1n) is 10.8. The lowest BCUT2D eigenvalue weighted by Crippen LogP contribution is -2.45. The van der Waals surface area contributed by atoms with E-state index in [9.17, 15) is 9.18 Å². The van der Waals surface area contributed by atoms with E-state index in [0.717, 1.165) is 51.4 Å². The van der Waals surface area contributed by atoms with Crippen molar-refractivity contribution in [3.8, 4) is 17.3 Å². The summed E-state index contributed by atoms with van der Waals surface area (Å²) in [5.41, 5.74) is 9.02. The van der Waals surface area contributed by atoms with Gasteiger partial charge in [0.15, 0.2) is 11.0 Å². The lowest BCUT2D eigenvalue weighted by Gasteiger charge is -2.30. The normalized spacial score (nSPS) is 16.9. The van der Waals surface area contributed by atoms with Crippen LogP contribution in [0, 0.1) is 5.13 Å². The molecule has 1 atom stereocenters. The number of thiophene rings is 1. The predicted octanol–water partition coefficient (Wildman–Crippen LogP) is 3.99. The summed E-state index contributed by atoms with van der Waals surface area (Å²) in [6.45, 7) is 3.99. The number of carbonyl (C=O) groups is 1. The SMILES string of the molecule is CCn1c(-c2nc3cc(C(=O)N4CCCC(N)C4)cc(OC)c3n2C)cc2cc(F)sc21. The summed E-state index contributed by atoms with van der Waals surface area (Å²) in [6.07, 6.45) is 1.85. The van der Waals surface area contributed by atoms with Crippen molar-refractivity contribution in [1.82, 2.24) is 19.0 Å². The van der Waals surface area contributed by atoms with Crippen LogP contribution in [0.1, 0.15) is 30.1 Å². The maximum Gasteiger partial charge on any atom is 0.254 e. The van der Waals surface area contributed by atoms with Crippen molar-refractivity contribution in [3.63, 3.8) is 0 Å². The number of piperidine rings is 1. The number of carbonyl (C=O) groups excluding carboxylic acids is 1. The molecule has 1 aliphatic heterocycles. The van der Waals surface area contributed by atoms with Crippen molar-refractivity contribution in [2.45, 2.75) is 32.4 Å². The topological polar surface area (TPSA) is 78.3 Å². The van der Waals surface area contributed by atoms with Gasteiger partial charge in [0.25, 0.3) is 5.91 Å². The number of halogens is 1. The zero-order chi connectivity index (χ0) is 22.6. The first-order chi connectivity index (χ1) is 15.4. The van der Waals surface area contributed by atoms with Gasteiger partial charge >= 0.3 is 0 Å². The molecule has 0 radical (unpaired) electrons. The van der Waals surface area contributed by atoms with Gasteiger partial charge in [0.1, 0.15) is 16.1 Å². The third-order valence-corrected chi connectivity index (χ3v) is 7.19. The number of rotatable bonds is 4. The van der Waals surface area contributed by atoms with Gasteiger partial charge in [-0.25, -0.2) is 4.98 Å². The Balaban J connectivity index is 1.63. The molecule has 0 bridgehead atoms. The van der Waals surface area contributed by atoms with Gasteiger partial charge in [0, 0.05) is 43.7 Å². The van der Waals surface area contributed by atoms with Crippen molar-refractivity contribution in [2.75, 3.05) is 20.2 Å². The summed E-state index contributed by atoms with van der Waals surface area (Å²) in [4.78, 5) is 20.7. The molecule has 2 N–H and O–H groups in total. The first-order valence-corrected chi connectivity index (χ1v) is 11.6. The van der Waals surface area contributed by atoms with E-state index in [-0.39, 0.29) is 17.1 Å². The molecule has 0 spiro atoms. The zero-order valence-electron chi connectivity index (χ0n) is 18.4. The number of nitrogens with two attached hydrogens (primary N) is 1. The smallest absolute Gasteiger partial charge is 0.254 e. The Hall–Kier alpha value is -2.91. The highest BCUT2D eigenvalue weighted by molar-refractivity contribution is 7.17. The van der Waals surface area contributed by atoms with Crippen LogP contribution in [-0.4, -0.2) is 51.2 Å². The Morgan fingerprint density at radius 3 is 2.88 bits per heavy atom. The van der Waals surface area contributed by atoms with Crippen LogP contribution in [0.5, 0.6) is 5.75 Å². The Morgan fingerprint density at radius 2 is 2.16 bits per heavy atom. The van der Waals surface area contributed by atoms with Gasteiger partial charge in [-0.05, 0) is 44.0 Å². The minimum atomic E-state index is -0.198. The van der Waals surface area contributed by atoms with Gasteiger partial charge < -0.3 is 24.5 Å². The van der Waals surface area contributed by atoms with Crippen molar-refractivity contribution >= 4 is 38.5 Å². The van der Waals surface area contributed by atoms with Gasteiger partial charge in [0.05, 0.1) is 18.3 Å². The number of imidazole rings is 1. The summed E-state index contributed by atoms with van der Waals surface area (Å²) < 4.78 is 23.5. The summed E-state index contributed by atoms with van der Waals surface area (Å²) in [7, 11) is 3.53. The maximum atomic E-state index is 13.8. The second-order valence-electron chi connectivity index (χ2n) is 8.28. The molecular formula is C23H26FN5O2S. The molecule has 9 heteroatoms. The van der Waals surface area contributed by atoms with E-state index in [1.165, 1.54) is 0 Å². The number of ether oxygens (including phenoxy) is 1. The quantitative estimate of drug-likeness (QED) is 0.505. The number of likely N-dealkylation sites (tertiary alicyclic amines) is 1. The molecule has 1 unspecified atom stereocenters. The molecule has 1 amide bonds. The average Bonchev–Trinajstić information content (AvgIpc) is 3.41. The highest BCUT2D eigenvalue weighted by atomic mass is 32.1. The van der Waals surface area contributed by atoms with Crippen molar-refractivity contribution < 1.29 is 13.9 Å². The van der Waals surface area contributed by atoms with Crippen LogP contribution >= 0.6 is 11.3 Å². The number of hydrogen-bond acceptors (Lipinski definition) is 5. The monoisotopic (exact) mass is 455 g/mol. The van der Waals surface area contributed by atoms with Crippen LogP contribution in [0.15, 0.2) is 24.3 Å². The lowest BCUT2D eigenvalue weighted by molar-refractivity contribution is 0.0708. The molecule has 4 heterocycles. The number of hydrogen-bond donors (Lipinski definition) is 1. The highest BCUT2D eigenvalue weighted by Crippen LogP contribution is 2.36. The number of benzene rings is 1. The minimum Gasteiger partial charge on any atom is -0.494 e. The molecule has 1 aliphatic rings. The van der Waals surface area contributed by atoms with E-state index in [1.807, 2.05) is 35.6 Å². The van der Waals surface area contributed by atoms with E-state index in [2.05, 4.69) is 4.57 Å². The first kappa shape index (κ1) is 21.0. The second kappa shape index (κ2) is 7.90. The summed E-state index contributed by atoms with van der Waals surface area (Å²) in [6, 6.07) is 7.14. The van der Waals surface area contributed by atoms with Gasteiger partial charge in [0.2, 0.25) is 0 Å². The third kappa shape index (κ3) is 3.27. The highest BCUT2D eigenvalue weighted by Gasteiger charge is 2.25. The molecule has 0 aliphatic carbocycles. The molecule has 1 fully saturated rings. The number of fused-ring (bicyclic) bond motifs is 2. The van der Waals surface area contributed by atoms with E-state index in [4.69, 9.17) is 15.5 Å². The minimum absolute atomic E-state index is 0.0142. The van der Waals surface area contributed by atoms with Crippen molar-refractivity contribution in [2.24, 2.45) is 12.8 Å². The Labute approximate surface area is 189 Å². The predicted molar refractivity (Wildman–Crippen MR) is 125 cm³/mol. The van der Waals surface area contributed by atoms with Gasteiger partial charge in [-0.3, -0.25) is 4.79 Å². The average molecular weight is 456 g/mol. The molecule has 1 aromatic carbocycles. The fourth-order valence-corrected chi connectivity index (χ4v) is 5.65. The van der Waals surface area contributed by atoms with Crippen LogP contribution in [-0.2, 0) is 13.6 Å². The summed E-state index contributed by atoms with van der Waals surface area (Å²) in [5.74, 6) is 1.28. The number of methoxy groups -OCH3 is 1. The fourth-order valence-electron chi connectivity index (χ4n) is 4.71. The van der Waals surface area contributed by atoms with Crippen LogP contribution < -0.4 is 10.5 Å². The molecule has 0 saturated carbocycles. The van der Waals surface area contributed by atoms with E-state index in [1.54, 1.807) is 19.2 Å². The molecule has 5 rings (SSSR count). The number of amides is 1. The van der Waals surface area contributed by atoms with E-state index >= 15 is 0 Å². The number of nitrogens with zero attached hydrogens (tertiary/aromatic N) is 4. The maximum absolute atomic E-state index is 13.8. The summed E-state index contributed by atoms with van der Waals surface area (Å²) in [5, 5.41) is 0.664. The zero-order valence-corrected chi connectivity index (χ0v) is 19.2. The molecule has 32 heavy (non-hydrogen) atoms. The standard InChI is InChI=1S/C23H26FN5O2S/c1-4-29-17(9-14-11-19(24)32-23(14)29)21-26-16-8-13(10-18(31-3)20(16)27(21)2)22(30)28-7-5-6-15(25)12-28/h8-11,15H,4-7,12,25H2,1-3H3. The molecule has 1 saturated heterocycles. The largest absolute Gasteiger partial charge is 0.494 e. The van der Waals surface area contributed by atoms with Gasteiger partial charge in [-0.15, -0.1) is 0 Å². The van der Waals surface area contributed by atoms with Gasteiger partial charge in [-0.1, -0.05) is 11.3 Å². The Bertz CT molecular complexity index is 1340. The lowest BCUT2D eigenvalue weighted by atomic mass is 10.0. The summed E-state index contributed by atoms with van der Waals surface area (Å²) >= 11 is 1.14. The van der Waals surface area contributed by atoms with Crippen molar-refractivity contribution in [1.29, 1.82) is 0 Å². The second-order valence-corrected chi connectivity index (χ2v) is 9.26. The van der Waals surface area contributed by atoms with Gasteiger partial charge in [-0.2, -0.15) is 4.39 Å². The van der Waals surface area contributed by atoms with Crippen molar-refractivity contribution in [3.05, 3.63) is 35.0 Å². The van der Waals surface area contributed by atoms with E-state index in [0.29, 0.717) is 36.5 Å². The van der Waals surface area contributed by atoms with Crippen LogP contribution in [0.4, 0.5) is 4.39 Å². The number of aryl methyl sites for hydroxylation is 2. The third-order valence-electron chi connectivity index (χ3n) is 6.23. The van der Waals surface area contributed by atoms with Crippen LogP contribution in [0.2, 0.25) is 0 Å². The van der Waals surface area contributed by atoms with E-state index < -0.39 is 0 Å². The Kier molecular flexibility index (Phi) is 5.17. The number of aromatic nitrogens is 3. The molecule has 7 nitrogen and oxygen atoms in total. The van der Waals surface area contributed by atoms with Crippen LogP contribution in [0.3, 0.4) is 0 Å². The van der Waals surface area contributed by atoms with Crippen LogP contribution in [0.25, 0.3) is 32.8 Å². The molecular weight excluding hydrogens is 429 g/mol.